The maximum Gasteiger partial charge on any atom is 0.219 e. The Kier molecular flexibility index (Phi) is 6.93. The molecular formula is C23H19FN2O2S2. The standard InChI is InChI=1S/C23H19FN2O2S2/c1-17-9-5-8-14-21(17)26-23(29-16-18-10-6-7-13-20(18)24)22(15-25)30(27,28)19-11-3-2-4-12-19/h2-14,26H,16H2,1H3. The molecule has 0 aliphatic carbocycles. The van der Waals surface area contributed by atoms with E-state index < -0.39 is 14.7 Å². The number of sulfone groups is 1. The molecule has 7 heteroatoms. The van der Waals surface area contributed by atoms with E-state index in [1.807, 2.05) is 31.2 Å². The van der Waals surface area contributed by atoms with Crippen molar-refractivity contribution in [2.24, 2.45) is 0 Å². The van der Waals surface area contributed by atoms with Crippen molar-refractivity contribution in [3.05, 3.63) is 106 Å². The van der Waals surface area contributed by atoms with Gasteiger partial charge in [0.2, 0.25) is 9.84 Å². The van der Waals surface area contributed by atoms with Crippen molar-refractivity contribution >= 4 is 27.3 Å². The minimum absolute atomic E-state index is 0.0251. The molecule has 0 amide bonds. The van der Waals surface area contributed by atoms with Gasteiger partial charge in [-0.1, -0.05) is 54.6 Å². The lowest BCUT2D eigenvalue weighted by Crippen LogP contribution is -2.11. The molecule has 0 fully saturated rings. The van der Waals surface area contributed by atoms with Gasteiger partial charge in [-0.15, -0.1) is 11.8 Å². The molecule has 0 radical (unpaired) electrons. The van der Waals surface area contributed by atoms with Crippen LogP contribution in [-0.2, 0) is 15.6 Å². The van der Waals surface area contributed by atoms with Gasteiger partial charge in [0.1, 0.15) is 16.9 Å². The van der Waals surface area contributed by atoms with Gasteiger partial charge >= 0.3 is 0 Å². The minimum Gasteiger partial charge on any atom is -0.348 e. The second-order valence-corrected chi connectivity index (χ2v) is 9.28. The highest BCUT2D eigenvalue weighted by atomic mass is 32.2. The largest absolute Gasteiger partial charge is 0.348 e. The second kappa shape index (κ2) is 9.61. The molecule has 0 heterocycles. The number of thioether (sulfide) groups is 1. The summed E-state index contributed by atoms with van der Waals surface area (Å²) in [7, 11) is -4.06. The maximum absolute atomic E-state index is 14.1. The van der Waals surface area contributed by atoms with Gasteiger partial charge in [0.25, 0.3) is 0 Å². The number of hydrogen-bond donors (Lipinski definition) is 1. The predicted octanol–water partition coefficient (Wildman–Crippen LogP) is 5.65. The summed E-state index contributed by atoms with van der Waals surface area (Å²) in [6, 6.07) is 23.3. The Labute approximate surface area is 180 Å². The van der Waals surface area contributed by atoms with Crippen molar-refractivity contribution in [1.29, 1.82) is 5.26 Å². The Bertz CT molecular complexity index is 1220. The third-order valence-electron chi connectivity index (χ3n) is 4.35. The fourth-order valence-electron chi connectivity index (χ4n) is 2.71. The third-order valence-corrected chi connectivity index (χ3v) is 7.26. The molecule has 4 nitrogen and oxygen atoms in total. The van der Waals surface area contributed by atoms with Gasteiger partial charge in [0.15, 0.2) is 4.91 Å². The first-order valence-corrected chi connectivity index (χ1v) is 11.5. The number of rotatable bonds is 7. The fourth-order valence-corrected chi connectivity index (χ4v) is 5.27. The van der Waals surface area contributed by atoms with Crippen LogP contribution < -0.4 is 5.32 Å². The molecule has 152 valence electrons. The molecule has 3 aromatic rings. The van der Waals surface area contributed by atoms with Crippen LogP contribution in [0.15, 0.2) is 93.7 Å². The van der Waals surface area contributed by atoms with Gasteiger partial charge < -0.3 is 5.32 Å². The molecule has 0 spiro atoms. The molecule has 0 unspecified atom stereocenters. The van der Waals surface area contributed by atoms with E-state index in [1.165, 1.54) is 18.2 Å². The topological polar surface area (TPSA) is 70.0 Å². The van der Waals surface area contributed by atoms with Crippen LogP contribution in [0.25, 0.3) is 0 Å². The van der Waals surface area contributed by atoms with Crippen molar-refractivity contribution in [2.45, 2.75) is 17.6 Å². The Hall–Kier alpha value is -3.08. The normalized spacial score (nSPS) is 12.0. The number of para-hydroxylation sites is 1. The number of benzene rings is 3. The molecule has 0 saturated carbocycles. The molecule has 1 N–H and O–H groups in total. The fraction of sp³-hybridized carbons (Fsp3) is 0.0870. The van der Waals surface area contributed by atoms with Crippen molar-refractivity contribution in [2.75, 3.05) is 5.32 Å². The number of nitrogens with one attached hydrogen (secondary N) is 1. The Balaban J connectivity index is 2.07. The zero-order valence-electron chi connectivity index (χ0n) is 16.2. The van der Waals surface area contributed by atoms with Crippen LogP contribution in [0.2, 0.25) is 0 Å². The maximum atomic E-state index is 14.1. The molecule has 0 aliphatic rings. The third kappa shape index (κ3) is 4.90. The van der Waals surface area contributed by atoms with Gasteiger partial charge in [-0.25, -0.2) is 12.8 Å². The zero-order valence-corrected chi connectivity index (χ0v) is 17.8. The van der Waals surface area contributed by atoms with E-state index >= 15 is 0 Å². The van der Waals surface area contributed by atoms with E-state index in [0.717, 1.165) is 17.3 Å². The highest BCUT2D eigenvalue weighted by Crippen LogP contribution is 2.32. The summed E-state index contributed by atoms with van der Waals surface area (Å²) >= 11 is 1.07. The summed E-state index contributed by atoms with van der Waals surface area (Å²) in [6.07, 6.45) is 0. The SMILES string of the molecule is Cc1ccccc1NC(SCc1ccccc1F)=C(C#N)S(=O)(=O)c1ccccc1. The number of aryl methyl sites for hydroxylation is 1. The van der Waals surface area contributed by atoms with E-state index in [1.54, 1.807) is 42.5 Å². The summed E-state index contributed by atoms with van der Waals surface area (Å²) in [6.45, 7) is 1.87. The molecule has 0 aliphatic heterocycles. The van der Waals surface area contributed by atoms with Crippen molar-refractivity contribution in [3.63, 3.8) is 0 Å². The van der Waals surface area contributed by atoms with Crippen LogP contribution in [0, 0.1) is 24.1 Å². The lowest BCUT2D eigenvalue weighted by Gasteiger charge is -2.15. The Morgan fingerprint density at radius 1 is 1.00 bits per heavy atom. The van der Waals surface area contributed by atoms with Crippen molar-refractivity contribution in [1.82, 2.24) is 0 Å². The predicted molar refractivity (Wildman–Crippen MR) is 119 cm³/mol. The zero-order chi connectivity index (χ0) is 21.6. The number of halogens is 1. The van der Waals surface area contributed by atoms with E-state index in [2.05, 4.69) is 5.32 Å². The van der Waals surface area contributed by atoms with Crippen molar-refractivity contribution < 1.29 is 12.8 Å². The summed E-state index contributed by atoms with van der Waals surface area (Å²) in [4.78, 5) is -0.379. The number of allylic oxidation sites excluding steroid dienone is 1. The van der Waals surface area contributed by atoms with Crippen molar-refractivity contribution in [3.8, 4) is 6.07 Å². The molecule has 0 saturated heterocycles. The number of nitrogens with zero attached hydrogens (tertiary/aromatic N) is 1. The van der Waals surface area contributed by atoms with E-state index in [4.69, 9.17) is 0 Å². The molecular weight excluding hydrogens is 419 g/mol. The quantitative estimate of drug-likeness (QED) is 0.483. The highest BCUT2D eigenvalue weighted by Gasteiger charge is 2.26. The Morgan fingerprint density at radius 3 is 2.30 bits per heavy atom. The first-order valence-electron chi connectivity index (χ1n) is 9.07. The van der Waals surface area contributed by atoms with Crippen LogP contribution in [0.5, 0.6) is 0 Å². The molecule has 0 aromatic heterocycles. The second-order valence-electron chi connectivity index (χ2n) is 6.41. The van der Waals surface area contributed by atoms with Crippen LogP contribution >= 0.6 is 11.8 Å². The first kappa shape index (κ1) is 21.6. The summed E-state index contributed by atoms with van der Waals surface area (Å²) in [5.74, 6) is -0.221. The molecule has 3 rings (SSSR count). The van der Waals surface area contributed by atoms with Gasteiger partial charge in [-0.05, 0) is 42.3 Å². The van der Waals surface area contributed by atoms with Gasteiger partial charge in [0.05, 0.1) is 4.90 Å². The van der Waals surface area contributed by atoms with Crippen LogP contribution in [0.3, 0.4) is 0 Å². The average Bonchev–Trinajstić information content (AvgIpc) is 2.75. The number of anilines is 1. The highest BCUT2D eigenvalue weighted by molar-refractivity contribution is 8.04. The lowest BCUT2D eigenvalue weighted by atomic mass is 10.2. The Morgan fingerprint density at radius 2 is 1.63 bits per heavy atom. The van der Waals surface area contributed by atoms with E-state index in [9.17, 15) is 18.1 Å². The minimum atomic E-state index is -4.06. The summed E-state index contributed by atoms with van der Waals surface area (Å²) in [5, 5.41) is 13.0. The van der Waals surface area contributed by atoms with E-state index in [-0.39, 0.29) is 21.5 Å². The van der Waals surface area contributed by atoms with Crippen LogP contribution in [-0.4, -0.2) is 8.42 Å². The van der Waals surface area contributed by atoms with Crippen LogP contribution in [0.4, 0.5) is 10.1 Å². The lowest BCUT2D eigenvalue weighted by molar-refractivity contribution is 0.603. The van der Waals surface area contributed by atoms with Crippen LogP contribution in [0.1, 0.15) is 11.1 Å². The van der Waals surface area contributed by atoms with Gasteiger partial charge in [0, 0.05) is 11.4 Å². The van der Waals surface area contributed by atoms with Gasteiger partial charge in [-0.3, -0.25) is 0 Å². The molecule has 0 bridgehead atoms. The first-order chi connectivity index (χ1) is 14.4. The van der Waals surface area contributed by atoms with E-state index in [0.29, 0.717) is 11.3 Å². The molecule has 0 atom stereocenters. The summed E-state index contributed by atoms with van der Waals surface area (Å²) in [5.41, 5.74) is 1.97. The number of hydrogen-bond acceptors (Lipinski definition) is 5. The monoisotopic (exact) mass is 438 g/mol. The smallest absolute Gasteiger partial charge is 0.219 e. The number of nitriles is 1. The molecule has 30 heavy (non-hydrogen) atoms. The summed E-state index contributed by atoms with van der Waals surface area (Å²) < 4.78 is 40.4. The molecule has 3 aromatic carbocycles. The van der Waals surface area contributed by atoms with Gasteiger partial charge in [-0.2, -0.15) is 5.26 Å². The average molecular weight is 439 g/mol.